The summed E-state index contributed by atoms with van der Waals surface area (Å²) in [5, 5.41) is 25.2. The Kier molecular flexibility index (Phi) is 9.43. The van der Waals surface area contributed by atoms with Crippen LogP contribution >= 0.6 is 23.2 Å². The van der Waals surface area contributed by atoms with Gasteiger partial charge >= 0.3 is 29.6 Å². The van der Waals surface area contributed by atoms with Gasteiger partial charge in [-0.3, -0.25) is 9.35 Å². The van der Waals surface area contributed by atoms with Crippen molar-refractivity contribution in [3.8, 4) is 11.5 Å². The Morgan fingerprint density at radius 1 is 1.05 bits per heavy atom. The van der Waals surface area contributed by atoms with Crippen LogP contribution in [0.5, 0.6) is 11.5 Å². The molecule has 0 fully saturated rings. The van der Waals surface area contributed by atoms with Gasteiger partial charge in [-0.2, -0.15) is 13.5 Å². The quantitative estimate of drug-likeness (QED) is 0.203. The van der Waals surface area contributed by atoms with Gasteiger partial charge in [0.1, 0.15) is 11.4 Å². The van der Waals surface area contributed by atoms with Crippen LogP contribution < -0.4 is 44.7 Å². The van der Waals surface area contributed by atoms with Crippen LogP contribution in [-0.4, -0.2) is 26.0 Å². The number of anilines is 1. The van der Waals surface area contributed by atoms with E-state index < -0.39 is 21.8 Å². The SMILES string of the molecule is COc1ccc(NC(=O)c2cc3ccccc3c(N=Nc3ccc(S(=O)(=O)O)c(C)c3Cl)c2[O-])c(Cl)c1.[Na+]. The molecule has 0 bridgehead atoms. The molecule has 0 saturated carbocycles. The molecule has 38 heavy (non-hydrogen) atoms. The van der Waals surface area contributed by atoms with E-state index in [1.54, 1.807) is 36.4 Å². The maximum atomic E-state index is 13.3. The third kappa shape index (κ3) is 6.13. The predicted octanol–water partition coefficient (Wildman–Crippen LogP) is 3.46. The molecular weight excluding hydrogens is 564 g/mol. The Bertz CT molecular complexity index is 1700. The van der Waals surface area contributed by atoms with Gasteiger partial charge in [0.2, 0.25) is 0 Å². The Balaban J connectivity index is 0.00000400. The molecule has 2 N–H and O–H groups in total. The predicted molar refractivity (Wildman–Crippen MR) is 140 cm³/mol. The van der Waals surface area contributed by atoms with Crippen molar-refractivity contribution in [1.29, 1.82) is 0 Å². The summed E-state index contributed by atoms with van der Waals surface area (Å²) in [6.07, 6.45) is 0. The maximum absolute atomic E-state index is 13.3. The van der Waals surface area contributed by atoms with Crippen molar-refractivity contribution in [2.45, 2.75) is 11.8 Å². The molecular formula is C25H18Cl2N3NaO6S. The van der Waals surface area contributed by atoms with Crippen molar-refractivity contribution in [2.75, 3.05) is 12.4 Å². The number of methoxy groups -OCH3 is 1. The fourth-order valence-electron chi connectivity index (χ4n) is 3.60. The number of fused-ring (bicyclic) bond motifs is 1. The second kappa shape index (κ2) is 12.0. The van der Waals surface area contributed by atoms with Crippen LogP contribution in [0.1, 0.15) is 15.9 Å². The molecule has 0 heterocycles. The molecule has 190 valence electrons. The monoisotopic (exact) mass is 581 g/mol. The number of halogens is 2. The number of azo groups is 1. The average molecular weight is 582 g/mol. The second-order valence-corrected chi connectivity index (χ2v) is 9.99. The molecule has 1 amide bonds. The minimum absolute atomic E-state index is 0. The molecule has 0 aromatic heterocycles. The molecule has 4 rings (SSSR count). The summed E-state index contributed by atoms with van der Waals surface area (Å²) in [5.41, 5.74) is 0.108. The Morgan fingerprint density at radius 2 is 1.76 bits per heavy atom. The smallest absolute Gasteiger partial charge is 0.870 e. The summed E-state index contributed by atoms with van der Waals surface area (Å²) in [4.78, 5) is 12.7. The number of amides is 1. The average Bonchev–Trinajstić information content (AvgIpc) is 2.85. The standard InChI is InChI=1S/C25H19Cl2N3O6S.Na/c1-13-21(37(33,34)35)10-9-20(22(13)27)29-30-23-16-6-4-3-5-14(16)11-17(24(23)31)25(32)28-19-8-7-15(36-2)12-18(19)26;/h3-12,31H,1-2H3,(H,28,32)(H,33,34,35);/q;+1/p-1. The van der Waals surface area contributed by atoms with Crippen molar-refractivity contribution in [3.63, 3.8) is 0 Å². The van der Waals surface area contributed by atoms with E-state index in [2.05, 4.69) is 15.5 Å². The summed E-state index contributed by atoms with van der Waals surface area (Å²) in [6.45, 7) is 1.40. The van der Waals surface area contributed by atoms with Gasteiger partial charge < -0.3 is 15.2 Å². The van der Waals surface area contributed by atoms with Gasteiger partial charge in [-0.1, -0.05) is 53.2 Å². The van der Waals surface area contributed by atoms with Gasteiger partial charge in [0, 0.05) is 17.0 Å². The molecule has 0 saturated heterocycles. The molecule has 4 aromatic carbocycles. The first-order valence-corrected chi connectivity index (χ1v) is 12.8. The van der Waals surface area contributed by atoms with Gasteiger partial charge in [0.25, 0.3) is 16.0 Å². The normalized spacial score (nSPS) is 11.4. The van der Waals surface area contributed by atoms with E-state index in [1.165, 1.54) is 32.2 Å². The van der Waals surface area contributed by atoms with Crippen LogP contribution in [0.3, 0.4) is 0 Å². The molecule has 0 aliphatic rings. The number of rotatable bonds is 6. The van der Waals surface area contributed by atoms with Crippen LogP contribution in [0, 0.1) is 6.92 Å². The molecule has 9 nitrogen and oxygen atoms in total. The number of benzene rings is 4. The second-order valence-electron chi connectivity index (χ2n) is 7.82. The summed E-state index contributed by atoms with van der Waals surface area (Å²) in [5.74, 6) is -0.892. The summed E-state index contributed by atoms with van der Waals surface area (Å²) in [6, 6.07) is 15.3. The molecule has 0 aliphatic carbocycles. The first kappa shape index (κ1) is 29.9. The van der Waals surface area contributed by atoms with E-state index in [1.807, 2.05) is 0 Å². The number of hydrogen-bond donors (Lipinski definition) is 2. The third-order valence-corrected chi connectivity index (χ3v) is 7.28. The van der Waals surface area contributed by atoms with Crippen molar-refractivity contribution in [3.05, 3.63) is 81.8 Å². The van der Waals surface area contributed by atoms with Crippen molar-refractivity contribution in [2.24, 2.45) is 10.2 Å². The minimum atomic E-state index is -4.49. The van der Waals surface area contributed by atoms with Gasteiger partial charge in [-0.25, -0.2) is 0 Å². The molecule has 0 spiro atoms. The van der Waals surface area contributed by atoms with E-state index >= 15 is 0 Å². The number of ether oxygens (including phenoxy) is 1. The first-order valence-electron chi connectivity index (χ1n) is 10.6. The zero-order chi connectivity index (χ0) is 26.9. The number of nitrogens with zero attached hydrogens (tertiary/aromatic N) is 2. The van der Waals surface area contributed by atoms with E-state index in [0.29, 0.717) is 16.5 Å². The number of carbonyl (C=O) groups excluding carboxylic acids is 1. The number of carbonyl (C=O) groups is 1. The van der Waals surface area contributed by atoms with Crippen molar-refractivity contribution >= 4 is 67.1 Å². The van der Waals surface area contributed by atoms with E-state index in [9.17, 15) is 22.9 Å². The van der Waals surface area contributed by atoms with Crippen LogP contribution in [0.15, 0.2) is 75.8 Å². The fraction of sp³-hybridized carbons (Fsp3) is 0.0800. The van der Waals surface area contributed by atoms with E-state index in [4.69, 9.17) is 27.9 Å². The molecule has 0 atom stereocenters. The Labute approximate surface area is 250 Å². The fourth-order valence-corrected chi connectivity index (χ4v) is 4.81. The van der Waals surface area contributed by atoms with Crippen molar-refractivity contribution in [1.82, 2.24) is 0 Å². The summed E-state index contributed by atoms with van der Waals surface area (Å²) in [7, 11) is -3.01. The largest absolute Gasteiger partial charge is 1.00 e. The Morgan fingerprint density at radius 3 is 2.42 bits per heavy atom. The molecule has 0 aliphatic heterocycles. The van der Waals surface area contributed by atoms with Gasteiger partial charge in [-0.05, 0) is 48.2 Å². The molecule has 0 unspecified atom stereocenters. The number of hydrogen-bond acceptors (Lipinski definition) is 7. The van der Waals surface area contributed by atoms with Crippen LogP contribution in [-0.2, 0) is 10.1 Å². The van der Waals surface area contributed by atoms with Crippen LogP contribution in [0.4, 0.5) is 17.1 Å². The molecule has 13 heteroatoms. The summed E-state index contributed by atoms with van der Waals surface area (Å²) < 4.78 is 37.5. The van der Waals surface area contributed by atoms with E-state index in [0.717, 1.165) is 6.07 Å². The molecule has 4 aromatic rings. The maximum Gasteiger partial charge on any atom is 1.00 e. The van der Waals surface area contributed by atoms with Crippen LogP contribution in [0.2, 0.25) is 10.0 Å². The van der Waals surface area contributed by atoms with E-state index in [-0.39, 0.29) is 72.7 Å². The third-order valence-electron chi connectivity index (χ3n) is 5.50. The Hall–Kier alpha value is -2.70. The van der Waals surface area contributed by atoms with Crippen LogP contribution in [0.25, 0.3) is 10.8 Å². The topological polar surface area (TPSA) is 140 Å². The zero-order valence-corrected chi connectivity index (χ0v) is 24.6. The zero-order valence-electron chi connectivity index (χ0n) is 20.3. The summed E-state index contributed by atoms with van der Waals surface area (Å²) >= 11 is 12.5. The first-order chi connectivity index (χ1) is 17.5. The molecule has 0 radical (unpaired) electrons. The van der Waals surface area contributed by atoms with Gasteiger partial charge in [0.15, 0.2) is 0 Å². The van der Waals surface area contributed by atoms with Gasteiger partial charge in [-0.15, -0.1) is 5.11 Å². The minimum Gasteiger partial charge on any atom is -0.870 e. The van der Waals surface area contributed by atoms with Gasteiger partial charge in [0.05, 0.1) is 33.4 Å². The number of nitrogens with one attached hydrogen (secondary N) is 1. The van der Waals surface area contributed by atoms with Crippen molar-refractivity contribution < 1.29 is 57.2 Å².